The molecular formula is C18H27N3O4. The maximum absolute atomic E-state index is 10.8. The molecule has 1 aromatic heterocycles. The summed E-state index contributed by atoms with van der Waals surface area (Å²) >= 11 is 0. The number of β-amino-alcohol motifs (C(OH)–C–C–N with tert-alkyl or cyclic N) is 1. The van der Waals surface area contributed by atoms with E-state index in [1.165, 1.54) is 0 Å². The van der Waals surface area contributed by atoms with E-state index >= 15 is 0 Å². The fraction of sp³-hybridized carbons (Fsp3) is 0.722. The van der Waals surface area contributed by atoms with Crippen molar-refractivity contribution in [3.8, 4) is 0 Å². The van der Waals surface area contributed by atoms with E-state index in [1.807, 2.05) is 13.0 Å². The Balaban J connectivity index is 1.74. The van der Waals surface area contributed by atoms with Crippen LogP contribution in [-0.4, -0.2) is 63.0 Å². The van der Waals surface area contributed by atoms with Crippen molar-refractivity contribution in [3.05, 3.63) is 23.3 Å². The third kappa shape index (κ3) is 4.74. The zero-order valence-corrected chi connectivity index (χ0v) is 14.8. The molecule has 2 saturated heterocycles. The third-order valence-corrected chi connectivity index (χ3v) is 5.10. The number of aryl methyl sites for hydroxylation is 2. The highest BCUT2D eigenvalue weighted by Gasteiger charge is 2.37. The van der Waals surface area contributed by atoms with Gasteiger partial charge in [0.05, 0.1) is 18.1 Å². The summed E-state index contributed by atoms with van der Waals surface area (Å²) in [6.07, 6.45) is 3.83. The van der Waals surface area contributed by atoms with Gasteiger partial charge in [-0.05, 0) is 32.4 Å². The zero-order chi connectivity index (χ0) is 17.9. The number of ether oxygens (including phenoxy) is 1. The zero-order valence-electron chi connectivity index (χ0n) is 14.8. The number of aromatic nitrogens is 2. The van der Waals surface area contributed by atoms with Gasteiger partial charge < -0.3 is 14.9 Å². The van der Waals surface area contributed by atoms with Gasteiger partial charge in [0.1, 0.15) is 5.82 Å². The van der Waals surface area contributed by atoms with Gasteiger partial charge in [0.15, 0.2) is 0 Å². The number of rotatable bonds is 6. The van der Waals surface area contributed by atoms with E-state index in [-0.39, 0.29) is 12.5 Å². The molecule has 1 aromatic rings. The van der Waals surface area contributed by atoms with Crippen LogP contribution in [0, 0.1) is 6.92 Å². The molecule has 1 atom stereocenters. The fourth-order valence-electron chi connectivity index (χ4n) is 3.77. The van der Waals surface area contributed by atoms with Crippen LogP contribution in [0.25, 0.3) is 0 Å². The molecule has 0 aliphatic carbocycles. The predicted octanol–water partition coefficient (Wildman–Crippen LogP) is 1.48. The summed E-state index contributed by atoms with van der Waals surface area (Å²) in [6.45, 7) is 4.67. The van der Waals surface area contributed by atoms with Crippen LogP contribution in [0.2, 0.25) is 0 Å². The standard InChI is InChI=1S/C18H27N3O4/c1-13-11-14(4-5-16(22)23)20-17(19-13)15-3-2-8-21(15)12-18(24)6-9-25-10-7-18/h11,15,24H,2-10,12H2,1H3,(H,22,23)/t15-/m0/s1. The molecule has 7 heteroatoms. The molecule has 0 amide bonds. The van der Waals surface area contributed by atoms with Gasteiger partial charge in [0.25, 0.3) is 0 Å². The number of likely N-dealkylation sites (tertiary alicyclic amines) is 1. The lowest BCUT2D eigenvalue weighted by molar-refractivity contribution is -0.137. The van der Waals surface area contributed by atoms with E-state index < -0.39 is 11.6 Å². The van der Waals surface area contributed by atoms with Gasteiger partial charge in [-0.25, -0.2) is 9.97 Å². The number of hydrogen-bond acceptors (Lipinski definition) is 6. The number of carboxylic acids is 1. The Hall–Kier alpha value is -1.57. The fourth-order valence-corrected chi connectivity index (χ4v) is 3.77. The molecule has 2 N–H and O–H groups in total. The molecule has 25 heavy (non-hydrogen) atoms. The normalized spacial score (nSPS) is 23.7. The largest absolute Gasteiger partial charge is 0.481 e. The maximum Gasteiger partial charge on any atom is 0.303 e. The van der Waals surface area contributed by atoms with E-state index in [0.717, 1.165) is 36.6 Å². The molecular weight excluding hydrogens is 322 g/mol. The van der Waals surface area contributed by atoms with Gasteiger partial charge in [0.2, 0.25) is 0 Å². The van der Waals surface area contributed by atoms with E-state index in [0.29, 0.717) is 39.0 Å². The van der Waals surface area contributed by atoms with Crippen molar-refractivity contribution in [2.45, 2.75) is 57.1 Å². The second-order valence-corrected chi connectivity index (χ2v) is 7.22. The predicted molar refractivity (Wildman–Crippen MR) is 91.3 cm³/mol. The molecule has 7 nitrogen and oxygen atoms in total. The first kappa shape index (κ1) is 18.2. The molecule has 2 aliphatic heterocycles. The van der Waals surface area contributed by atoms with Crippen LogP contribution in [0.3, 0.4) is 0 Å². The minimum atomic E-state index is -0.818. The van der Waals surface area contributed by atoms with E-state index in [1.54, 1.807) is 0 Å². The van der Waals surface area contributed by atoms with Crippen LogP contribution in [0.4, 0.5) is 0 Å². The third-order valence-electron chi connectivity index (χ3n) is 5.10. The monoisotopic (exact) mass is 349 g/mol. The number of aliphatic carboxylic acids is 1. The Bertz CT molecular complexity index is 616. The highest BCUT2D eigenvalue weighted by Crippen LogP contribution is 2.33. The molecule has 0 spiro atoms. The maximum atomic E-state index is 10.8. The molecule has 2 fully saturated rings. The molecule has 3 heterocycles. The van der Waals surface area contributed by atoms with Crippen molar-refractivity contribution >= 4 is 5.97 Å². The lowest BCUT2D eigenvalue weighted by atomic mass is 9.93. The summed E-state index contributed by atoms with van der Waals surface area (Å²) in [5.74, 6) is -0.0596. The SMILES string of the molecule is Cc1cc(CCC(=O)O)nc([C@@H]2CCCN2CC2(O)CCOCC2)n1. The topological polar surface area (TPSA) is 95.8 Å². The van der Waals surface area contributed by atoms with Crippen LogP contribution >= 0.6 is 0 Å². The lowest BCUT2D eigenvalue weighted by Gasteiger charge is -2.37. The van der Waals surface area contributed by atoms with E-state index in [2.05, 4.69) is 14.9 Å². The Morgan fingerprint density at radius 3 is 2.88 bits per heavy atom. The quantitative estimate of drug-likeness (QED) is 0.803. The molecule has 0 aromatic carbocycles. The number of carboxylic acid groups (broad SMARTS) is 1. The highest BCUT2D eigenvalue weighted by atomic mass is 16.5. The molecule has 0 saturated carbocycles. The Morgan fingerprint density at radius 1 is 1.40 bits per heavy atom. The molecule has 0 radical (unpaired) electrons. The van der Waals surface area contributed by atoms with Crippen molar-refractivity contribution in [1.29, 1.82) is 0 Å². The van der Waals surface area contributed by atoms with Crippen LogP contribution in [-0.2, 0) is 16.0 Å². The minimum Gasteiger partial charge on any atom is -0.481 e. The first-order valence-electron chi connectivity index (χ1n) is 9.06. The number of nitrogens with zero attached hydrogens (tertiary/aromatic N) is 3. The molecule has 138 valence electrons. The van der Waals surface area contributed by atoms with Crippen LogP contribution < -0.4 is 0 Å². The molecule has 2 aliphatic rings. The Kier molecular flexibility index (Phi) is 5.66. The first-order valence-corrected chi connectivity index (χ1v) is 9.06. The van der Waals surface area contributed by atoms with Gasteiger partial charge in [-0.15, -0.1) is 0 Å². The second-order valence-electron chi connectivity index (χ2n) is 7.22. The van der Waals surface area contributed by atoms with Crippen molar-refractivity contribution < 1.29 is 19.7 Å². The van der Waals surface area contributed by atoms with Crippen molar-refractivity contribution in [1.82, 2.24) is 14.9 Å². The van der Waals surface area contributed by atoms with Crippen molar-refractivity contribution in [3.63, 3.8) is 0 Å². The van der Waals surface area contributed by atoms with Crippen LogP contribution in [0.1, 0.15) is 55.4 Å². The summed E-state index contributed by atoms with van der Waals surface area (Å²) in [4.78, 5) is 22.3. The summed E-state index contributed by atoms with van der Waals surface area (Å²) in [5, 5.41) is 19.7. The number of aliphatic hydroxyl groups is 1. The summed E-state index contributed by atoms with van der Waals surface area (Å²) < 4.78 is 5.37. The highest BCUT2D eigenvalue weighted by molar-refractivity contribution is 5.66. The summed E-state index contributed by atoms with van der Waals surface area (Å²) in [7, 11) is 0. The Labute approximate surface area is 148 Å². The van der Waals surface area contributed by atoms with Gasteiger partial charge >= 0.3 is 5.97 Å². The van der Waals surface area contributed by atoms with Gasteiger partial charge in [-0.1, -0.05) is 0 Å². The van der Waals surface area contributed by atoms with Gasteiger partial charge in [-0.3, -0.25) is 9.69 Å². The molecule has 0 bridgehead atoms. The smallest absolute Gasteiger partial charge is 0.303 e. The van der Waals surface area contributed by atoms with E-state index in [4.69, 9.17) is 9.84 Å². The van der Waals surface area contributed by atoms with E-state index in [9.17, 15) is 9.90 Å². The van der Waals surface area contributed by atoms with Gasteiger partial charge in [-0.2, -0.15) is 0 Å². The van der Waals surface area contributed by atoms with Crippen molar-refractivity contribution in [2.24, 2.45) is 0 Å². The minimum absolute atomic E-state index is 0.0734. The van der Waals surface area contributed by atoms with Crippen molar-refractivity contribution in [2.75, 3.05) is 26.3 Å². The molecule has 0 unspecified atom stereocenters. The summed E-state index contributed by atoms with van der Waals surface area (Å²) in [5.41, 5.74) is 0.945. The number of carbonyl (C=O) groups is 1. The van der Waals surface area contributed by atoms with Gasteiger partial charge in [0, 0.05) is 50.4 Å². The first-order chi connectivity index (χ1) is 12.0. The average molecular weight is 349 g/mol. The Morgan fingerprint density at radius 2 is 2.16 bits per heavy atom. The van der Waals surface area contributed by atoms with Crippen LogP contribution in [0.15, 0.2) is 6.07 Å². The average Bonchev–Trinajstić information content (AvgIpc) is 3.00. The molecule has 3 rings (SSSR count). The van der Waals surface area contributed by atoms with Crippen LogP contribution in [0.5, 0.6) is 0 Å². The second kappa shape index (κ2) is 7.76. The summed E-state index contributed by atoms with van der Waals surface area (Å²) in [6, 6.07) is 1.95. The number of hydrogen-bond donors (Lipinski definition) is 2. The lowest BCUT2D eigenvalue weighted by Crippen LogP contribution is -2.46.